The van der Waals surface area contributed by atoms with E-state index < -0.39 is 0 Å². The van der Waals surface area contributed by atoms with Crippen molar-refractivity contribution in [3.8, 4) is 0 Å². The van der Waals surface area contributed by atoms with Crippen LogP contribution in [0.3, 0.4) is 0 Å². The fourth-order valence-electron chi connectivity index (χ4n) is 2.85. The molecule has 1 fully saturated rings. The summed E-state index contributed by atoms with van der Waals surface area (Å²) in [5.74, 6) is 0. The first-order chi connectivity index (χ1) is 9.82. The molecule has 1 N–H and O–H groups in total. The van der Waals surface area contributed by atoms with Crippen molar-refractivity contribution in [3.63, 3.8) is 0 Å². The number of anilines is 1. The lowest BCUT2D eigenvalue weighted by Gasteiger charge is -2.43. The molecule has 1 unspecified atom stereocenters. The molecule has 0 aliphatic carbocycles. The molecule has 21 heavy (non-hydrogen) atoms. The van der Waals surface area contributed by atoms with Gasteiger partial charge in [0.05, 0.1) is 0 Å². The number of benzene rings is 1. The number of nitrogens with one attached hydrogen (secondary N) is 1. The van der Waals surface area contributed by atoms with E-state index in [4.69, 9.17) is 11.6 Å². The predicted octanol–water partition coefficient (Wildman–Crippen LogP) is 3.54. The molecule has 1 heterocycles. The van der Waals surface area contributed by atoms with Crippen LogP contribution in [-0.2, 0) is 0 Å². The molecule has 1 aliphatic heterocycles. The third-order valence-electron chi connectivity index (χ3n) is 4.48. The Hall–Kier alpha value is -0.770. The van der Waals surface area contributed by atoms with Crippen LogP contribution in [0.5, 0.6) is 0 Å². The van der Waals surface area contributed by atoms with Crippen molar-refractivity contribution in [3.05, 3.63) is 28.8 Å². The van der Waals surface area contributed by atoms with Gasteiger partial charge in [0.25, 0.3) is 0 Å². The summed E-state index contributed by atoms with van der Waals surface area (Å²) in [5, 5.41) is 4.09. The number of piperazine rings is 1. The molecule has 0 radical (unpaired) electrons. The summed E-state index contributed by atoms with van der Waals surface area (Å²) in [4.78, 5) is 4.98. The highest BCUT2D eigenvalue weighted by molar-refractivity contribution is 6.31. The molecular weight excluding hydrogens is 282 g/mol. The average molecular weight is 310 g/mol. The number of halogens is 1. The third kappa shape index (κ3) is 3.91. The molecule has 1 aromatic carbocycles. The van der Waals surface area contributed by atoms with E-state index in [0.717, 1.165) is 36.8 Å². The van der Waals surface area contributed by atoms with Crippen LogP contribution < -0.4 is 10.2 Å². The topological polar surface area (TPSA) is 18.5 Å². The van der Waals surface area contributed by atoms with Crippen LogP contribution in [0.25, 0.3) is 0 Å². The summed E-state index contributed by atoms with van der Waals surface area (Å²) < 4.78 is 0. The fraction of sp³-hybridized carbons (Fsp3) is 0.647. The second kappa shape index (κ2) is 6.55. The van der Waals surface area contributed by atoms with Gasteiger partial charge in [0.15, 0.2) is 0 Å². The highest BCUT2D eigenvalue weighted by atomic mass is 35.5. The molecule has 1 aliphatic rings. The van der Waals surface area contributed by atoms with Crippen molar-refractivity contribution >= 4 is 17.3 Å². The van der Waals surface area contributed by atoms with E-state index >= 15 is 0 Å². The SMILES string of the molecule is CNC(C)c1ccc(N2CCN(C(C)(C)C)CC2)cc1Cl. The Morgan fingerprint density at radius 1 is 1.14 bits per heavy atom. The molecule has 1 aromatic rings. The summed E-state index contributed by atoms with van der Waals surface area (Å²) in [7, 11) is 1.96. The molecule has 2 rings (SSSR count). The predicted molar refractivity (Wildman–Crippen MR) is 92.5 cm³/mol. The van der Waals surface area contributed by atoms with Crippen LogP contribution in [0.15, 0.2) is 18.2 Å². The van der Waals surface area contributed by atoms with Gasteiger partial charge in [0.1, 0.15) is 0 Å². The second-order valence-corrected chi connectivity index (χ2v) is 7.27. The van der Waals surface area contributed by atoms with E-state index in [1.807, 2.05) is 7.05 Å². The first kappa shape index (κ1) is 16.6. The van der Waals surface area contributed by atoms with Gasteiger partial charge in [-0.1, -0.05) is 17.7 Å². The van der Waals surface area contributed by atoms with Crippen molar-refractivity contribution in [1.29, 1.82) is 0 Å². The summed E-state index contributed by atoms with van der Waals surface area (Å²) >= 11 is 6.45. The zero-order valence-corrected chi connectivity index (χ0v) is 14.7. The molecule has 0 bridgehead atoms. The van der Waals surface area contributed by atoms with Crippen molar-refractivity contribution in [2.45, 2.75) is 39.3 Å². The smallest absolute Gasteiger partial charge is 0.0474 e. The van der Waals surface area contributed by atoms with Crippen molar-refractivity contribution in [2.75, 3.05) is 38.1 Å². The summed E-state index contributed by atoms with van der Waals surface area (Å²) in [6, 6.07) is 6.73. The van der Waals surface area contributed by atoms with Gasteiger partial charge in [0.2, 0.25) is 0 Å². The van der Waals surface area contributed by atoms with E-state index in [-0.39, 0.29) is 11.6 Å². The Morgan fingerprint density at radius 3 is 2.24 bits per heavy atom. The minimum atomic E-state index is 0.260. The number of nitrogens with zero attached hydrogens (tertiary/aromatic N) is 2. The minimum absolute atomic E-state index is 0.260. The molecule has 0 aromatic heterocycles. The Morgan fingerprint density at radius 2 is 1.76 bits per heavy atom. The number of hydrogen-bond acceptors (Lipinski definition) is 3. The van der Waals surface area contributed by atoms with E-state index in [1.165, 1.54) is 5.69 Å². The van der Waals surface area contributed by atoms with Gasteiger partial charge in [-0.2, -0.15) is 0 Å². The molecule has 1 saturated heterocycles. The first-order valence-electron chi connectivity index (χ1n) is 7.79. The highest BCUT2D eigenvalue weighted by Gasteiger charge is 2.26. The molecule has 3 nitrogen and oxygen atoms in total. The van der Waals surface area contributed by atoms with Crippen LogP contribution in [0, 0.1) is 0 Å². The first-order valence-corrected chi connectivity index (χ1v) is 8.17. The summed E-state index contributed by atoms with van der Waals surface area (Å²) in [6.45, 7) is 13.3. The van der Waals surface area contributed by atoms with E-state index in [9.17, 15) is 0 Å². The summed E-state index contributed by atoms with van der Waals surface area (Å²) in [5.41, 5.74) is 2.66. The van der Waals surface area contributed by atoms with Crippen LogP contribution in [0.4, 0.5) is 5.69 Å². The Labute approximate surface area is 134 Å². The van der Waals surface area contributed by atoms with E-state index in [0.29, 0.717) is 0 Å². The van der Waals surface area contributed by atoms with Gasteiger partial charge in [-0.3, -0.25) is 4.90 Å². The molecule has 0 saturated carbocycles. The molecule has 118 valence electrons. The lowest BCUT2D eigenvalue weighted by molar-refractivity contribution is 0.128. The lowest BCUT2D eigenvalue weighted by Crippen LogP contribution is -2.53. The fourth-order valence-corrected chi connectivity index (χ4v) is 3.19. The van der Waals surface area contributed by atoms with Crippen molar-refractivity contribution in [1.82, 2.24) is 10.2 Å². The number of hydrogen-bond donors (Lipinski definition) is 1. The van der Waals surface area contributed by atoms with Crippen LogP contribution in [0.1, 0.15) is 39.3 Å². The van der Waals surface area contributed by atoms with Crippen LogP contribution in [-0.4, -0.2) is 43.7 Å². The monoisotopic (exact) mass is 309 g/mol. The Kier molecular flexibility index (Phi) is 5.18. The number of rotatable bonds is 3. The maximum Gasteiger partial charge on any atom is 0.0474 e. The normalized spacial score (nSPS) is 18.9. The van der Waals surface area contributed by atoms with Gasteiger partial charge >= 0.3 is 0 Å². The van der Waals surface area contributed by atoms with Gasteiger partial charge in [-0.05, 0) is 52.4 Å². The third-order valence-corrected chi connectivity index (χ3v) is 4.80. The zero-order valence-electron chi connectivity index (χ0n) is 13.9. The second-order valence-electron chi connectivity index (χ2n) is 6.86. The van der Waals surface area contributed by atoms with Gasteiger partial charge in [0, 0.05) is 48.5 Å². The molecule has 0 spiro atoms. The Balaban J connectivity index is 2.06. The van der Waals surface area contributed by atoms with Gasteiger partial charge < -0.3 is 10.2 Å². The van der Waals surface area contributed by atoms with Crippen LogP contribution in [0.2, 0.25) is 5.02 Å². The quantitative estimate of drug-likeness (QED) is 0.921. The highest BCUT2D eigenvalue weighted by Crippen LogP contribution is 2.29. The Bertz CT molecular complexity index is 473. The van der Waals surface area contributed by atoms with Crippen LogP contribution >= 0.6 is 11.6 Å². The minimum Gasteiger partial charge on any atom is -0.369 e. The largest absolute Gasteiger partial charge is 0.369 e. The average Bonchev–Trinajstić information content (AvgIpc) is 2.45. The zero-order chi connectivity index (χ0) is 15.6. The van der Waals surface area contributed by atoms with Crippen molar-refractivity contribution < 1.29 is 0 Å². The van der Waals surface area contributed by atoms with Crippen molar-refractivity contribution in [2.24, 2.45) is 0 Å². The molecule has 4 heteroatoms. The van der Waals surface area contributed by atoms with Gasteiger partial charge in [-0.15, -0.1) is 0 Å². The standard InChI is InChI=1S/C17H28ClN3/c1-13(19-5)15-7-6-14(12-16(15)18)20-8-10-21(11-9-20)17(2,3)4/h6-7,12-13,19H,8-11H2,1-5H3. The maximum absolute atomic E-state index is 6.45. The molecule has 0 amide bonds. The van der Waals surface area contributed by atoms with Gasteiger partial charge in [-0.25, -0.2) is 0 Å². The summed E-state index contributed by atoms with van der Waals surface area (Å²) in [6.07, 6.45) is 0. The van der Waals surface area contributed by atoms with E-state index in [1.54, 1.807) is 0 Å². The lowest BCUT2D eigenvalue weighted by atomic mass is 10.0. The maximum atomic E-state index is 6.45. The van der Waals surface area contributed by atoms with E-state index in [2.05, 4.69) is 61.0 Å². The molecule has 1 atom stereocenters. The molecular formula is C17H28ClN3.